The standard InChI is InChI=1S/C16H22FNO2/c1-15(2,17)11-9-13-14(20-8-4-7-19-13)10-12(11)16(18)5-3-6-16/h9-10H,3-8,18H2,1-2H3. The van der Waals surface area contributed by atoms with E-state index < -0.39 is 11.2 Å². The number of halogens is 1. The van der Waals surface area contributed by atoms with E-state index >= 15 is 0 Å². The van der Waals surface area contributed by atoms with Crippen molar-refractivity contribution in [2.75, 3.05) is 13.2 Å². The van der Waals surface area contributed by atoms with Crippen molar-refractivity contribution in [1.82, 2.24) is 0 Å². The minimum absolute atomic E-state index is 0.413. The van der Waals surface area contributed by atoms with Crippen LogP contribution in [0.4, 0.5) is 4.39 Å². The predicted molar refractivity (Wildman–Crippen MR) is 75.9 cm³/mol. The van der Waals surface area contributed by atoms with E-state index in [0.717, 1.165) is 31.2 Å². The Morgan fingerprint density at radius 1 is 1.10 bits per heavy atom. The van der Waals surface area contributed by atoms with Crippen LogP contribution in [0, 0.1) is 0 Å². The van der Waals surface area contributed by atoms with E-state index in [1.807, 2.05) is 6.07 Å². The summed E-state index contributed by atoms with van der Waals surface area (Å²) in [5, 5.41) is 0. The van der Waals surface area contributed by atoms with E-state index in [0.29, 0.717) is 30.3 Å². The molecule has 1 aliphatic heterocycles. The molecule has 3 nitrogen and oxygen atoms in total. The topological polar surface area (TPSA) is 44.5 Å². The molecule has 1 aliphatic carbocycles. The molecule has 0 spiro atoms. The minimum atomic E-state index is -1.44. The number of alkyl halides is 1. The normalized spacial score (nSPS) is 21.0. The highest BCUT2D eigenvalue weighted by molar-refractivity contribution is 5.52. The van der Waals surface area contributed by atoms with Gasteiger partial charge in [0.2, 0.25) is 0 Å². The van der Waals surface area contributed by atoms with Crippen molar-refractivity contribution in [2.45, 2.75) is 50.7 Å². The highest BCUT2D eigenvalue weighted by Crippen LogP contribution is 2.47. The average Bonchev–Trinajstić information content (AvgIpc) is 2.57. The summed E-state index contributed by atoms with van der Waals surface area (Å²) in [5.41, 5.74) is 6.08. The van der Waals surface area contributed by atoms with E-state index in [-0.39, 0.29) is 0 Å². The molecule has 1 heterocycles. The largest absolute Gasteiger partial charge is 0.490 e. The van der Waals surface area contributed by atoms with E-state index in [2.05, 4.69) is 0 Å². The summed E-state index contributed by atoms with van der Waals surface area (Å²) < 4.78 is 26.0. The first-order chi connectivity index (χ1) is 9.40. The minimum Gasteiger partial charge on any atom is -0.490 e. The van der Waals surface area contributed by atoms with Gasteiger partial charge in [0.25, 0.3) is 0 Å². The maximum Gasteiger partial charge on any atom is 0.161 e. The molecule has 1 saturated carbocycles. The molecular weight excluding hydrogens is 257 g/mol. The molecule has 0 aromatic heterocycles. The van der Waals surface area contributed by atoms with Crippen LogP contribution >= 0.6 is 0 Å². The van der Waals surface area contributed by atoms with Crippen LogP contribution in [0.5, 0.6) is 11.5 Å². The van der Waals surface area contributed by atoms with Crippen LogP contribution < -0.4 is 15.2 Å². The second kappa shape index (κ2) is 4.62. The van der Waals surface area contributed by atoms with Crippen LogP contribution in [-0.2, 0) is 11.2 Å². The zero-order chi connectivity index (χ0) is 14.4. The molecule has 1 aromatic rings. The van der Waals surface area contributed by atoms with Crippen molar-refractivity contribution in [2.24, 2.45) is 5.73 Å². The van der Waals surface area contributed by atoms with E-state index in [1.54, 1.807) is 19.9 Å². The first kappa shape index (κ1) is 13.7. The summed E-state index contributed by atoms with van der Waals surface area (Å²) in [7, 11) is 0. The lowest BCUT2D eigenvalue weighted by atomic mass is 9.69. The van der Waals surface area contributed by atoms with Crippen LogP contribution in [0.25, 0.3) is 0 Å². The summed E-state index contributed by atoms with van der Waals surface area (Å²) in [6.07, 6.45) is 3.73. The molecular formula is C16H22FNO2. The van der Waals surface area contributed by atoms with Gasteiger partial charge in [0.05, 0.1) is 13.2 Å². The van der Waals surface area contributed by atoms with Crippen LogP contribution in [0.15, 0.2) is 12.1 Å². The Kier molecular flexibility index (Phi) is 3.16. The first-order valence-electron chi connectivity index (χ1n) is 7.33. The number of fused-ring (bicyclic) bond motifs is 1. The van der Waals surface area contributed by atoms with Crippen molar-refractivity contribution < 1.29 is 13.9 Å². The first-order valence-corrected chi connectivity index (χ1v) is 7.33. The molecule has 0 bridgehead atoms. The molecule has 0 amide bonds. The van der Waals surface area contributed by atoms with Gasteiger partial charge >= 0.3 is 0 Å². The predicted octanol–water partition coefficient (Wildman–Crippen LogP) is 3.39. The zero-order valence-corrected chi connectivity index (χ0v) is 12.2. The van der Waals surface area contributed by atoms with Gasteiger partial charge < -0.3 is 15.2 Å². The number of hydrogen-bond donors (Lipinski definition) is 1. The molecule has 3 rings (SSSR count). The number of ether oxygens (including phenoxy) is 2. The number of rotatable bonds is 2. The molecule has 0 saturated heterocycles. The van der Waals surface area contributed by atoms with Crippen molar-refractivity contribution in [1.29, 1.82) is 0 Å². The maximum atomic E-state index is 14.6. The molecule has 2 aliphatic rings. The third kappa shape index (κ3) is 2.26. The number of nitrogens with two attached hydrogens (primary N) is 1. The van der Waals surface area contributed by atoms with E-state index in [1.165, 1.54) is 0 Å². The monoisotopic (exact) mass is 279 g/mol. The third-order valence-electron chi connectivity index (χ3n) is 4.31. The van der Waals surface area contributed by atoms with Gasteiger partial charge in [0.15, 0.2) is 11.5 Å². The average molecular weight is 279 g/mol. The number of benzene rings is 1. The Hall–Kier alpha value is -1.29. The quantitative estimate of drug-likeness (QED) is 0.902. The lowest BCUT2D eigenvalue weighted by Crippen LogP contribution is -2.44. The van der Waals surface area contributed by atoms with Crippen molar-refractivity contribution in [3.05, 3.63) is 23.3 Å². The fourth-order valence-corrected chi connectivity index (χ4v) is 2.94. The van der Waals surface area contributed by atoms with Crippen LogP contribution in [0.3, 0.4) is 0 Å². The Morgan fingerprint density at radius 3 is 2.20 bits per heavy atom. The highest BCUT2D eigenvalue weighted by atomic mass is 19.1. The summed E-state index contributed by atoms with van der Waals surface area (Å²) in [5.74, 6) is 1.33. The van der Waals surface area contributed by atoms with E-state index in [4.69, 9.17) is 15.2 Å². The molecule has 4 heteroatoms. The Morgan fingerprint density at radius 2 is 1.70 bits per heavy atom. The van der Waals surface area contributed by atoms with Gasteiger partial charge in [-0.15, -0.1) is 0 Å². The van der Waals surface area contributed by atoms with Gasteiger partial charge in [-0.1, -0.05) is 0 Å². The van der Waals surface area contributed by atoms with Crippen LogP contribution in [0.1, 0.15) is 50.7 Å². The van der Waals surface area contributed by atoms with Gasteiger partial charge in [-0.25, -0.2) is 4.39 Å². The summed E-state index contributed by atoms with van der Waals surface area (Å²) in [4.78, 5) is 0. The zero-order valence-electron chi connectivity index (χ0n) is 12.2. The van der Waals surface area contributed by atoms with Crippen LogP contribution in [-0.4, -0.2) is 13.2 Å². The fourth-order valence-electron chi connectivity index (χ4n) is 2.94. The maximum absolute atomic E-state index is 14.6. The van der Waals surface area contributed by atoms with Gasteiger partial charge in [-0.2, -0.15) is 0 Å². The number of hydrogen-bond acceptors (Lipinski definition) is 3. The molecule has 1 fully saturated rings. The smallest absolute Gasteiger partial charge is 0.161 e. The molecule has 20 heavy (non-hydrogen) atoms. The molecule has 2 N–H and O–H groups in total. The van der Waals surface area contributed by atoms with Gasteiger partial charge in [0, 0.05) is 12.0 Å². The Balaban J connectivity index is 2.13. The SMILES string of the molecule is CC(C)(F)c1cc2c(cc1C1(N)CCC1)OCCCO2. The lowest BCUT2D eigenvalue weighted by Gasteiger charge is -2.41. The van der Waals surface area contributed by atoms with Gasteiger partial charge in [-0.05, 0) is 56.4 Å². The third-order valence-corrected chi connectivity index (χ3v) is 4.31. The van der Waals surface area contributed by atoms with E-state index in [9.17, 15) is 4.39 Å². The molecule has 1 aromatic carbocycles. The van der Waals surface area contributed by atoms with Gasteiger partial charge in [0.1, 0.15) is 5.67 Å². The Labute approximate surface area is 119 Å². The summed E-state index contributed by atoms with van der Waals surface area (Å²) >= 11 is 0. The van der Waals surface area contributed by atoms with Crippen molar-refractivity contribution >= 4 is 0 Å². The van der Waals surface area contributed by atoms with Crippen molar-refractivity contribution in [3.8, 4) is 11.5 Å². The molecule has 0 unspecified atom stereocenters. The van der Waals surface area contributed by atoms with Gasteiger partial charge in [-0.3, -0.25) is 0 Å². The molecule has 110 valence electrons. The molecule has 0 radical (unpaired) electrons. The van der Waals surface area contributed by atoms with Crippen LogP contribution in [0.2, 0.25) is 0 Å². The molecule has 0 atom stereocenters. The Bertz CT molecular complexity index is 518. The second-order valence-electron chi connectivity index (χ2n) is 6.38. The highest BCUT2D eigenvalue weighted by Gasteiger charge is 2.40. The second-order valence-corrected chi connectivity index (χ2v) is 6.38. The summed E-state index contributed by atoms with van der Waals surface area (Å²) in [6.45, 7) is 4.37. The fraction of sp³-hybridized carbons (Fsp3) is 0.625. The van der Waals surface area contributed by atoms with Crippen molar-refractivity contribution in [3.63, 3.8) is 0 Å². The summed E-state index contributed by atoms with van der Waals surface area (Å²) in [6, 6.07) is 3.68. The lowest BCUT2D eigenvalue weighted by molar-refractivity contribution is 0.199.